The van der Waals surface area contributed by atoms with Crippen molar-refractivity contribution in [3.05, 3.63) is 52.0 Å². The van der Waals surface area contributed by atoms with Crippen molar-refractivity contribution in [2.75, 3.05) is 26.7 Å². The summed E-state index contributed by atoms with van der Waals surface area (Å²) >= 11 is 1.65. The van der Waals surface area contributed by atoms with Crippen LogP contribution in [0.25, 0.3) is 0 Å². The molecule has 1 aromatic carbocycles. The fraction of sp³-hybridized carbons (Fsp3) is 0.438. The summed E-state index contributed by atoms with van der Waals surface area (Å²) in [6.45, 7) is 4.00. The molecule has 0 radical (unpaired) electrons. The molecule has 0 spiro atoms. The Morgan fingerprint density at radius 3 is 2.76 bits per heavy atom. The van der Waals surface area contributed by atoms with Gasteiger partial charge in [-0.3, -0.25) is 4.90 Å². The number of nitrogens with zero attached hydrogens (tertiary/aromatic N) is 2. The molecule has 0 saturated heterocycles. The quantitative estimate of drug-likeness (QED) is 0.772. The van der Waals surface area contributed by atoms with Crippen LogP contribution < -0.4 is 5.73 Å². The Balaban J connectivity index is 1.88. The lowest BCUT2D eigenvalue weighted by molar-refractivity contribution is 0.184. The summed E-state index contributed by atoms with van der Waals surface area (Å²) in [6, 6.07) is 10.5. The summed E-state index contributed by atoms with van der Waals surface area (Å²) in [6.07, 6.45) is 1.04. The monoisotopic (exact) mass is 305 g/mol. The van der Waals surface area contributed by atoms with Crippen molar-refractivity contribution in [2.24, 2.45) is 5.73 Å². The second kappa shape index (κ2) is 8.89. The minimum Gasteiger partial charge on any atom is -0.378 e. The van der Waals surface area contributed by atoms with Gasteiger partial charge in [-0.05, 0) is 12.0 Å². The lowest BCUT2D eigenvalue weighted by Crippen LogP contribution is -2.31. The van der Waals surface area contributed by atoms with Gasteiger partial charge in [0.1, 0.15) is 5.01 Å². The SMILES string of the molecule is COCc1nc(CN(CCN)CCc2ccccc2)cs1. The van der Waals surface area contributed by atoms with Crippen molar-refractivity contribution in [1.82, 2.24) is 9.88 Å². The summed E-state index contributed by atoms with van der Waals surface area (Å²) in [5.41, 5.74) is 8.19. The molecule has 21 heavy (non-hydrogen) atoms. The number of ether oxygens (including phenoxy) is 1. The van der Waals surface area contributed by atoms with Gasteiger partial charge < -0.3 is 10.5 Å². The number of aromatic nitrogens is 1. The molecular formula is C16H23N3OS. The van der Waals surface area contributed by atoms with Crippen LogP contribution in [0.2, 0.25) is 0 Å². The van der Waals surface area contributed by atoms with Gasteiger partial charge in [-0.1, -0.05) is 30.3 Å². The van der Waals surface area contributed by atoms with Gasteiger partial charge in [-0.2, -0.15) is 0 Å². The topological polar surface area (TPSA) is 51.4 Å². The first-order valence-electron chi connectivity index (χ1n) is 7.20. The number of methoxy groups -OCH3 is 1. The van der Waals surface area contributed by atoms with Gasteiger partial charge in [0, 0.05) is 38.7 Å². The van der Waals surface area contributed by atoms with E-state index in [1.165, 1.54) is 5.56 Å². The zero-order valence-corrected chi connectivity index (χ0v) is 13.3. The van der Waals surface area contributed by atoms with E-state index < -0.39 is 0 Å². The van der Waals surface area contributed by atoms with Gasteiger partial charge >= 0.3 is 0 Å². The average molecular weight is 305 g/mol. The number of benzene rings is 1. The van der Waals surface area contributed by atoms with E-state index in [1.807, 2.05) is 6.07 Å². The van der Waals surface area contributed by atoms with Gasteiger partial charge in [0.15, 0.2) is 0 Å². The highest BCUT2D eigenvalue weighted by molar-refractivity contribution is 7.09. The van der Waals surface area contributed by atoms with Crippen LogP contribution in [0.1, 0.15) is 16.3 Å². The third kappa shape index (κ3) is 5.55. The fourth-order valence-electron chi connectivity index (χ4n) is 2.22. The highest BCUT2D eigenvalue weighted by Crippen LogP contribution is 2.13. The van der Waals surface area contributed by atoms with Gasteiger partial charge in [-0.15, -0.1) is 11.3 Å². The molecule has 114 valence electrons. The minimum atomic E-state index is 0.589. The Morgan fingerprint density at radius 1 is 1.24 bits per heavy atom. The maximum Gasteiger partial charge on any atom is 0.119 e. The van der Waals surface area contributed by atoms with E-state index in [0.717, 1.165) is 36.8 Å². The molecule has 0 aliphatic rings. The molecule has 0 fully saturated rings. The molecule has 2 aromatic rings. The average Bonchev–Trinajstić information content (AvgIpc) is 2.94. The Labute approximate surface area is 130 Å². The van der Waals surface area contributed by atoms with Crippen LogP contribution in [0.15, 0.2) is 35.7 Å². The van der Waals surface area contributed by atoms with E-state index in [4.69, 9.17) is 10.5 Å². The zero-order chi connectivity index (χ0) is 14.9. The molecule has 5 heteroatoms. The molecule has 0 unspecified atom stereocenters. The van der Waals surface area contributed by atoms with Crippen LogP contribution in [-0.4, -0.2) is 36.6 Å². The second-order valence-corrected chi connectivity index (χ2v) is 5.91. The molecule has 0 atom stereocenters. The van der Waals surface area contributed by atoms with E-state index in [0.29, 0.717) is 13.2 Å². The Kier molecular flexibility index (Phi) is 6.82. The molecule has 1 heterocycles. The lowest BCUT2D eigenvalue weighted by atomic mass is 10.1. The molecular weight excluding hydrogens is 282 g/mol. The highest BCUT2D eigenvalue weighted by atomic mass is 32.1. The summed E-state index contributed by atoms with van der Waals surface area (Å²) in [7, 11) is 1.70. The molecule has 2 rings (SSSR count). The predicted octanol–water partition coefficient (Wildman–Crippen LogP) is 2.29. The third-order valence-electron chi connectivity index (χ3n) is 3.26. The molecule has 1 aromatic heterocycles. The standard InChI is InChI=1S/C16H23N3OS/c1-20-12-16-18-15(13-21-16)11-19(10-8-17)9-7-14-5-3-2-4-6-14/h2-6,13H,7-12,17H2,1H3. The van der Waals surface area contributed by atoms with Gasteiger partial charge in [0.25, 0.3) is 0 Å². The van der Waals surface area contributed by atoms with Crippen LogP contribution in [0, 0.1) is 0 Å². The Bertz CT molecular complexity index is 515. The molecule has 4 nitrogen and oxygen atoms in total. The molecule has 0 saturated carbocycles. The van der Waals surface area contributed by atoms with Crippen LogP contribution >= 0.6 is 11.3 Å². The minimum absolute atomic E-state index is 0.589. The smallest absolute Gasteiger partial charge is 0.119 e. The van der Waals surface area contributed by atoms with Crippen LogP contribution in [-0.2, 0) is 24.3 Å². The van der Waals surface area contributed by atoms with Gasteiger partial charge in [0.05, 0.1) is 12.3 Å². The van der Waals surface area contributed by atoms with Crippen LogP contribution in [0.5, 0.6) is 0 Å². The van der Waals surface area contributed by atoms with Crippen molar-refractivity contribution in [3.8, 4) is 0 Å². The van der Waals surface area contributed by atoms with Gasteiger partial charge in [0.2, 0.25) is 0 Å². The molecule has 0 aliphatic carbocycles. The number of hydrogen-bond acceptors (Lipinski definition) is 5. The fourth-order valence-corrected chi connectivity index (χ4v) is 2.98. The third-order valence-corrected chi connectivity index (χ3v) is 4.13. The van der Waals surface area contributed by atoms with Crippen molar-refractivity contribution in [2.45, 2.75) is 19.6 Å². The molecule has 0 bridgehead atoms. The summed E-state index contributed by atoms with van der Waals surface area (Å²) in [5.74, 6) is 0. The first-order chi connectivity index (χ1) is 10.3. The van der Waals surface area contributed by atoms with E-state index in [1.54, 1.807) is 18.4 Å². The molecule has 2 N–H and O–H groups in total. The Hall–Kier alpha value is -1.27. The van der Waals surface area contributed by atoms with E-state index in [-0.39, 0.29) is 0 Å². The van der Waals surface area contributed by atoms with Crippen molar-refractivity contribution in [1.29, 1.82) is 0 Å². The predicted molar refractivity (Wildman–Crippen MR) is 87.3 cm³/mol. The highest BCUT2D eigenvalue weighted by Gasteiger charge is 2.09. The maximum atomic E-state index is 5.73. The summed E-state index contributed by atoms with van der Waals surface area (Å²) in [4.78, 5) is 6.95. The normalized spacial score (nSPS) is 11.2. The van der Waals surface area contributed by atoms with Crippen LogP contribution in [0.4, 0.5) is 0 Å². The molecule has 0 aliphatic heterocycles. The van der Waals surface area contributed by atoms with Gasteiger partial charge in [-0.25, -0.2) is 4.98 Å². The second-order valence-electron chi connectivity index (χ2n) is 4.97. The number of hydrogen-bond donors (Lipinski definition) is 1. The first kappa shape index (κ1) is 16.1. The number of rotatable bonds is 9. The summed E-state index contributed by atoms with van der Waals surface area (Å²) < 4.78 is 5.11. The number of thiazole rings is 1. The molecule has 0 amide bonds. The summed E-state index contributed by atoms with van der Waals surface area (Å²) in [5, 5.41) is 3.14. The van der Waals surface area contributed by atoms with E-state index in [2.05, 4.69) is 39.5 Å². The van der Waals surface area contributed by atoms with E-state index in [9.17, 15) is 0 Å². The maximum absolute atomic E-state index is 5.73. The lowest BCUT2D eigenvalue weighted by Gasteiger charge is -2.20. The van der Waals surface area contributed by atoms with Crippen molar-refractivity contribution in [3.63, 3.8) is 0 Å². The zero-order valence-electron chi connectivity index (χ0n) is 12.5. The van der Waals surface area contributed by atoms with E-state index >= 15 is 0 Å². The van der Waals surface area contributed by atoms with Crippen molar-refractivity contribution < 1.29 is 4.74 Å². The first-order valence-corrected chi connectivity index (χ1v) is 8.08. The van der Waals surface area contributed by atoms with Crippen LogP contribution in [0.3, 0.4) is 0 Å². The number of nitrogens with two attached hydrogens (primary N) is 1. The largest absolute Gasteiger partial charge is 0.378 e. The Morgan fingerprint density at radius 2 is 2.05 bits per heavy atom. The van der Waals surface area contributed by atoms with Crippen molar-refractivity contribution >= 4 is 11.3 Å².